The van der Waals surface area contributed by atoms with Gasteiger partial charge in [0.15, 0.2) is 0 Å². The van der Waals surface area contributed by atoms with E-state index in [-0.39, 0.29) is 11.9 Å². The Hall–Kier alpha value is -2.56. The highest BCUT2D eigenvalue weighted by molar-refractivity contribution is 5.93. The first-order chi connectivity index (χ1) is 12.7. The molecule has 2 N–H and O–H groups in total. The topological polar surface area (TPSA) is 70.9 Å². The number of carbonyl (C=O) groups excluding carboxylic acids is 1. The first-order valence-corrected chi connectivity index (χ1v) is 9.57. The lowest BCUT2D eigenvalue weighted by molar-refractivity contribution is 0.0895. The molecule has 1 amide bonds. The van der Waals surface area contributed by atoms with E-state index in [1.165, 1.54) is 27.7 Å². The summed E-state index contributed by atoms with van der Waals surface area (Å²) in [4.78, 5) is 16.3. The number of fused-ring (bicyclic) bond motifs is 4. The van der Waals surface area contributed by atoms with Crippen molar-refractivity contribution in [2.24, 2.45) is 0 Å². The third kappa shape index (κ3) is 2.54. The average Bonchev–Trinajstić information content (AvgIpc) is 3.23. The van der Waals surface area contributed by atoms with Crippen LogP contribution in [0.3, 0.4) is 0 Å². The van der Waals surface area contributed by atoms with Gasteiger partial charge in [-0.1, -0.05) is 16.8 Å². The summed E-state index contributed by atoms with van der Waals surface area (Å²) in [6.45, 7) is 2.12. The molecule has 0 aliphatic heterocycles. The van der Waals surface area contributed by atoms with Gasteiger partial charge in [-0.25, -0.2) is 0 Å². The summed E-state index contributed by atoms with van der Waals surface area (Å²) in [7, 11) is 0. The van der Waals surface area contributed by atoms with Crippen molar-refractivity contribution < 1.29 is 9.32 Å². The van der Waals surface area contributed by atoms with Gasteiger partial charge in [-0.2, -0.15) is 0 Å². The van der Waals surface area contributed by atoms with Crippen LogP contribution in [-0.4, -0.2) is 22.1 Å². The molecule has 0 bridgehead atoms. The molecular formula is C21H23N3O2. The number of nitrogens with zero attached hydrogens (tertiary/aromatic N) is 1. The fraction of sp³-hybridized carbons (Fsp3) is 0.429. The smallest absolute Gasteiger partial charge is 0.290 e. The number of nitrogens with one attached hydrogen (secondary N) is 2. The van der Waals surface area contributed by atoms with E-state index in [1.807, 2.05) is 0 Å². The van der Waals surface area contributed by atoms with Crippen LogP contribution in [0.25, 0.3) is 10.9 Å². The largest absolute Gasteiger partial charge is 0.358 e. The molecule has 5 nitrogen and oxygen atoms in total. The van der Waals surface area contributed by atoms with E-state index in [2.05, 4.69) is 40.6 Å². The van der Waals surface area contributed by atoms with Gasteiger partial charge < -0.3 is 14.8 Å². The Morgan fingerprint density at radius 3 is 3.04 bits per heavy atom. The molecule has 2 heterocycles. The standard InChI is InChI=1S/C21H23N3O2/c1-12-6-8-17-15(10-12)16-11-13(7-9-18(16)23-17)22-21(25)20-14-4-2-3-5-19(14)24-26-20/h6,8,10,13,23H,2-5,7,9,11H2,1H3,(H,22,25). The average molecular weight is 349 g/mol. The Kier molecular flexibility index (Phi) is 3.62. The second-order valence-electron chi connectivity index (χ2n) is 7.69. The fourth-order valence-electron chi connectivity index (χ4n) is 4.47. The Bertz CT molecular complexity index is 998. The Morgan fingerprint density at radius 1 is 1.23 bits per heavy atom. The second-order valence-corrected chi connectivity index (χ2v) is 7.69. The quantitative estimate of drug-likeness (QED) is 0.742. The Morgan fingerprint density at radius 2 is 2.12 bits per heavy atom. The van der Waals surface area contributed by atoms with Crippen molar-refractivity contribution in [3.8, 4) is 0 Å². The SMILES string of the molecule is Cc1ccc2[nH]c3c(c2c1)CC(NC(=O)c1onc2c1CCCC2)CC3. The van der Waals surface area contributed by atoms with Crippen molar-refractivity contribution in [3.05, 3.63) is 52.0 Å². The van der Waals surface area contributed by atoms with E-state index in [1.54, 1.807) is 0 Å². The van der Waals surface area contributed by atoms with E-state index in [9.17, 15) is 4.79 Å². The molecule has 0 saturated heterocycles. The summed E-state index contributed by atoms with van der Waals surface area (Å²) in [5.41, 5.74) is 7.11. The molecular weight excluding hydrogens is 326 g/mol. The zero-order valence-electron chi connectivity index (χ0n) is 15.0. The van der Waals surface area contributed by atoms with E-state index < -0.39 is 0 Å². The number of aromatic amines is 1. The number of amides is 1. The number of hydrogen-bond acceptors (Lipinski definition) is 3. The van der Waals surface area contributed by atoms with Crippen LogP contribution in [0.1, 0.15) is 57.9 Å². The highest BCUT2D eigenvalue weighted by atomic mass is 16.5. The number of benzene rings is 1. The van der Waals surface area contributed by atoms with E-state index in [0.717, 1.165) is 56.2 Å². The monoisotopic (exact) mass is 349 g/mol. The van der Waals surface area contributed by atoms with Crippen LogP contribution in [0, 0.1) is 6.92 Å². The zero-order valence-corrected chi connectivity index (χ0v) is 15.0. The predicted octanol–water partition coefficient (Wildman–Crippen LogP) is 3.63. The van der Waals surface area contributed by atoms with Crippen LogP contribution in [0.2, 0.25) is 0 Å². The summed E-state index contributed by atoms with van der Waals surface area (Å²) >= 11 is 0. The van der Waals surface area contributed by atoms with Gasteiger partial charge >= 0.3 is 0 Å². The van der Waals surface area contributed by atoms with Gasteiger partial charge in [-0.15, -0.1) is 0 Å². The molecule has 2 aliphatic carbocycles. The van der Waals surface area contributed by atoms with Gasteiger partial charge in [-0.05, 0) is 69.6 Å². The van der Waals surface area contributed by atoms with Gasteiger partial charge in [0.1, 0.15) is 0 Å². The van der Waals surface area contributed by atoms with Crippen LogP contribution in [-0.2, 0) is 25.7 Å². The van der Waals surface area contributed by atoms with Crippen molar-refractivity contribution in [2.45, 2.75) is 57.9 Å². The van der Waals surface area contributed by atoms with E-state index >= 15 is 0 Å². The Labute approximate surface area is 152 Å². The second kappa shape index (κ2) is 6.01. The maximum Gasteiger partial charge on any atom is 0.290 e. The molecule has 3 aromatic rings. The van der Waals surface area contributed by atoms with Gasteiger partial charge in [-0.3, -0.25) is 4.79 Å². The molecule has 2 aromatic heterocycles. The summed E-state index contributed by atoms with van der Waals surface area (Å²) < 4.78 is 5.39. The molecule has 1 unspecified atom stereocenters. The zero-order chi connectivity index (χ0) is 17.7. The molecule has 5 heteroatoms. The molecule has 134 valence electrons. The van der Waals surface area contributed by atoms with Crippen molar-refractivity contribution >= 4 is 16.8 Å². The normalized spacial score (nSPS) is 19.2. The molecule has 0 saturated carbocycles. The molecule has 1 atom stereocenters. The van der Waals surface area contributed by atoms with Crippen LogP contribution in [0.4, 0.5) is 0 Å². The van der Waals surface area contributed by atoms with Crippen molar-refractivity contribution in [3.63, 3.8) is 0 Å². The lowest BCUT2D eigenvalue weighted by Crippen LogP contribution is -2.39. The van der Waals surface area contributed by atoms with Gasteiger partial charge in [0.25, 0.3) is 5.91 Å². The predicted molar refractivity (Wildman–Crippen MR) is 99.5 cm³/mol. The molecule has 26 heavy (non-hydrogen) atoms. The third-order valence-electron chi connectivity index (χ3n) is 5.84. The summed E-state index contributed by atoms with van der Waals surface area (Å²) in [5.74, 6) is 0.324. The van der Waals surface area contributed by atoms with E-state index in [0.29, 0.717) is 5.76 Å². The van der Waals surface area contributed by atoms with Gasteiger partial charge in [0, 0.05) is 28.2 Å². The van der Waals surface area contributed by atoms with Crippen LogP contribution in [0.5, 0.6) is 0 Å². The number of aryl methyl sites for hydroxylation is 3. The van der Waals surface area contributed by atoms with Crippen molar-refractivity contribution in [2.75, 3.05) is 0 Å². The highest BCUT2D eigenvalue weighted by Crippen LogP contribution is 2.30. The van der Waals surface area contributed by atoms with E-state index in [4.69, 9.17) is 4.52 Å². The number of rotatable bonds is 2. The molecule has 0 spiro atoms. The minimum absolute atomic E-state index is 0.106. The highest BCUT2D eigenvalue weighted by Gasteiger charge is 2.28. The van der Waals surface area contributed by atoms with Crippen LogP contribution in [0.15, 0.2) is 22.7 Å². The minimum atomic E-state index is -0.106. The number of hydrogen-bond donors (Lipinski definition) is 2. The molecule has 1 aromatic carbocycles. The lowest BCUT2D eigenvalue weighted by atomic mass is 9.90. The molecule has 0 radical (unpaired) electrons. The minimum Gasteiger partial charge on any atom is -0.358 e. The first kappa shape index (κ1) is 15.7. The lowest BCUT2D eigenvalue weighted by Gasteiger charge is -2.23. The molecule has 2 aliphatic rings. The van der Waals surface area contributed by atoms with Crippen LogP contribution < -0.4 is 5.32 Å². The number of aromatic nitrogens is 2. The molecule has 5 rings (SSSR count). The summed E-state index contributed by atoms with van der Waals surface area (Å²) in [5, 5.41) is 8.59. The molecule has 0 fully saturated rings. The van der Waals surface area contributed by atoms with Crippen LogP contribution >= 0.6 is 0 Å². The first-order valence-electron chi connectivity index (χ1n) is 9.57. The van der Waals surface area contributed by atoms with Gasteiger partial charge in [0.05, 0.1) is 5.69 Å². The summed E-state index contributed by atoms with van der Waals surface area (Å²) in [6, 6.07) is 6.66. The van der Waals surface area contributed by atoms with Crippen molar-refractivity contribution in [1.82, 2.24) is 15.5 Å². The number of H-pyrrole nitrogens is 1. The fourth-order valence-corrected chi connectivity index (χ4v) is 4.47. The maximum absolute atomic E-state index is 12.8. The number of carbonyl (C=O) groups is 1. The maximum atomic E-state index is 12.8. The third-order valence-corrected chi connectivity index (χ3v) is 5.84. The van der Waals surface area contributed by atoms with Gasteiger partial charge in [0.2, 0.25) is 5.76 Å². The Balaban J connectivity index is 1.38. The van der Waals surface area contributed by atoms with Crippen molar-refractivity contribution in [1.29, 1.82) is 0 Å². The summed E-state index contributed by atoms with van der Waals surface area (Å²) in [6.07, 6.45) is 6.83.